The molecular formula is C23H36O3. The lowest BCUT2D eigenvalue weighted by atomic mass is 9.42. The van der Waals surface area contributed by atoms with Crippen molar-refractivity contribution in [2.75, 3.05) is 13.7 Å². The van der Waals surface area contributed by atoms with Crippen LogP contribution in [-0.4, -0.2) is 30.2 Å². The molecule has 7 atom stereocenters. The maximum Gasteiger partial charge on any atom is 0.139 e. The van der Waals surface area contributed by atoms with Crippen LogP contribution in [0.2, 0.25) is 0 Å². The van der Waals surface area contributed by atoms with Gasteiger partial charge in [0, 0.05) is 18.9 Å². The smallest absolute Gasteiger partial charge is 0.139 e. The number of fused-ring (bicyclic) bond motifs is 5. The van der Waals surface area contributed by atoms with E-state index in [0.29, 0.717) is 29.6 Å². The molecule has 1 N–H and O–H groups in total. The fourth-order valence-corrected chi connectivity index (χ4v) is 8.65. The van der Waals surface area contributed by atoms with Crippen molar-refractivity contribution in [3.05, 3.63) is 0 Å². The number of hydrogen-bond acceptors (Lipinski definition) is 3. The second kappa shape index (κ2) is 5.80. The number of methoxy groups -OCH3 is 1. The van der Waals surface area contributed by atoms with Gasteiger partial charge in [-0.2, -0.15) is 0 Å². The molecule has 5 aliphatic rings. The minimum absolute atomic E-state index is 0.00972. The Morgan fingerprint density at radius 3 is 2.50 bits per heavy atom. The van der Waals surface area contributed by atoms with E-state index >= 15 is 0 Å². The third-order valence-electron chi connectivity index (χ3n) is 9.85. The Kier molecular flexibility index (Phi) is 3.94. The van der Waals surface area contributed by atoms with Crippen LogP contribution in [0.15, 0.2) is 0 Å². The predicted octanol–water partition coefficient (Wildman–Crippen LogP) is 4.37. The largest absolute Gasteiger partial charge is 0.387 e. The first-order chi connectivity index (χ1) is 12.4. The summed E-state index contributed by atoms with van der Waals surface area (Å²) < 4.78 is 5.37. The molecule has 26 heavy (non-hydrogen) atoms. The van der Waals surface area contributed by atoms with Crippen LogP contribution in [0.5, 0.6) is 0 Å². The van der Waals surface area contributed by atoms with Crippen molar-refractivity contribution in [2.24, 2.45) is 40.4 Å². The highest BCUT2D eigenvalue weighted by molar-refractivity contribution is 5.87. The number of ketones is 1. The van der Waals surface area contributed by atoms with E-state index in [4.69, 9.17) is 4.74 Å². The summed E-state index contributed by atoms with van der Waals surface area (Å²) in [6, 6.07) is 0. The van der Waals surface area contributed by atoms with Gasteiger partial charge in [-0.3, -0.25) is 4.79 Å². The minimum atomic E-state index is -0.600. The zero-order chi connectivity index (χ0) is 18.2. The van der Waals surface area contributed by atoms with Crippen LogP contribution in [0.25, 0.3) is 0 Å². The number of carbonyl (C=O) groups excluding carboxylic acids is 1. The molecule has 146 valence electrons. The van der Waals surface area contributed by atoms with Crippen LogP contribution in [0.1, 0.15) is 77.6 Å². The van der Waals surface area contributed by atoms with Gasteiger partial charge in [0.05, 0.1) is 12.2 Å². The van der Waals surface area contributed by atoms with Gasteiger partial charge in [-0.15, -0.1) is 0 Å². The molecule has 5 rings (SSSR count). The molecule has 3 nitrogen and oxygen atoms in total. The number of rotatable bonds is 3. The average Bonchev–Trinajstić information content (AvgIpc) is 3.41. The van der Waals surface area contributed by atoms with Crippen molar-refractivity contribution in [2.45, 2.75) is 83.2 Å². The molecular weight excluding hydrogens is 324 g/mol. The summed E-state index contributed by atoms with van der Waals surface area (Å²) in [5.41, 5.74) is -0.142. The zero-order valence-electron chi connectivity index (χ0n) is 16.6. The van der Waals surface area contributed by atoms with E-state index in [2.05, 4.69) is 6.92 Å². The lowest BCUT2D eigenvalue weighted by Gasteiger charge is -2.63. The lowest BCUT2D eigenvalue weighted by molar-refractivity contribution is -0.176. The van der Waals surface area contributed by atoms with Crippen molar-refractivity contribution in [3.63, 3.8) is 0 Å². The molecule has 0 aromatic carbocycles. The van der Waals surface area contributed by atoms with Gasteiger partial charge in [0.25, 0.3) is 0 Å². The second-order valence-electron chi connectivity index (χ2n) is 10.8. The standard InChI is InChI=1S/C23H36O3/c1-21-10-9-19-17(18(21)7-8-20(21)24)6-5-16-13-22(25,14-26-2)11-12-23(16,19)15-3-4-15/h15-19,25H,3-14H2,1-2H3/t16-,17+,18+,19+,21+,22+,23-/m1/s1. The van der Waals surface area contributed by atoms with Crippen LogP contribution in [0.3, 0.4) is 0 Å². The first kappa shape index (κ1) is 17.7. The zero-order valence-corrected chi connectivity index (χ0v) is 16.6. The van der Waals surface area contributed by atoms with Crippen LogP contribution >= 0.6 is 0 Å². The first-order valence-electron chi connectivity index (χ1n) is 11.2. The van der Waals surface area contributed by atoms with Gasteiger partial charge in [0.2, 0.25) is 0 Å². The molecule has 5 aliphatic carbocycles. The van der Waals surface area contributed by atoms with E-state index in [-0.39, 0.29) is 5.41 Å². The molecule has 0 amide bonds. The summed E-state index contributed by atoms with van der Waals surface area (Å²) in [6.07, 6.45) is 12.8. The number of Topliss-reactive ketones (excluding diaryl/α,β-unsaturated/α-hetero) is 1. The summed E-state index contributed by atoms with van der Waals surface area (Å²) in [5, 5.41) is 11.1. The van der Waals surface area contributed by atoms with Gasteiger partial charge in [0.15, 0.2) is 0 Å². The third-order valence-corrected chi connectivity index (χ3v) is 9.85. The summed E-state index contributed by atoms with van der Waals surface area (Å²) in [5.74, 6) is 4.35. The van der Waals surface area contributed by atoms with E-state index < -0.39 is 5.60 Å². The minimum Gasteiger partial charge on any atom is -0.387 e. The van der Waals surface area contributed by atoms with E-state index in [1.165, 1.54) is 38.5 Å². The topological polar surface area (TPSA) is 46.5 Å². The molecule has 5 fully saturated rings. The summed E-state index contributed by atoms with van der Waals surface area (Å²) in [4.78, 5) is 12.6. The van der Waals surface area contributed by atoms with E-state index in [1.807, 2.05) is 0 Å². The monoisotopic (exact) mass is 360 g/mol. The predicted molar refractivity (Wildman–Crippen MR) is 101 cm³/mol. The maximum absolute atomic E-state index is 12.6. The highest BCUT2D eigenvalue weighted by Gasteiger charge is 2.65. The van der Waals surface area contributed by atoms with Crippen molar-refractivity contribution in [1.82, 2.24) is 0 Å². The summed E-state index contributed by atoms with van der Waals surface area (Å²) in [6.45, 7) is 2.78. The van der Waals surface area contributed by atoms with Gasteiger partial charge < -0.3 is 9.84 Å². The maximum atomic E-state index is 12.6. The van der Waals surface area contributed by atoms with Crippen molar-refractivity contribution in [1.29, 1.82) is 0 Å². The third kappa shape index (κ3) is 2.28. The van der Waals surface area contributed by atoms with Gasteiger partial charge in [-0.25, -0.2) is 0 Å². The molecule has 5 saturated carbocycles. The quantitative estimate of drug-likeness (QED) is 0.813. The second-order valence-corrected chi connectivity index (χ2v) is 10.8. The van der Waals surface area contributed by atoms with Crippen LogP contribution in [0.4, 0.5) is 0 Å². The Morgan fingerprint density at radius 1 is 1.00 bits per heavy atom. The molecule has 3 heteroatoms. The lowest BCUT2D eigenvalue weighted by Crippen LogP contribution is -2.58. The average molecular weight is 361 g/mol. The van der Waals surface area contributed by atoms with E-state index in [1.54, 1.807) is 7.11 Å². The molecule has 0 aromatic heterocycles. The number of ether oxygens (including phenoxy) is 1. The number of hydrogen-bond donors (Lipinski definition) is 1. The molecule has 0 heterocycles. The van der Waals surface area contributed by atoms with E-state index in [9.17, 15) is 9.90 Å². The molecule has 0 aromatic rings. The molecule has 0 bridgehead atoms. The van der Waals surface area contributed by atoms with Gasteiger partial charge >= 0.3 is 0 Å². The first-order valence-corrected chi connectivity index (χ1v) is 11.2. The molecule has 0 unspecified atom stereocenters. The van der Waals surface area contributed by atoms with Crippen molar-refractivity contribution < 1.29 is 14.6 Å². The van der Waals surface area contributed by atoms with Gasteiger partial charge in [-0.1, -0.05) is 6.92 Å². The van der Waals surface area contributed by atoms with Crippen molar-refractivity contribution >= 4 is 5.78 Å². The SMILES string of the molecule is COC[C@]1(O)CC[C@@]2(C3CC3)[C@H](CC[C@@H]3[C@@H]2CC[C@]2(C)C(=O)CC[C@@H]32)C1. The number of aliphatic hydroxyl groups is 1. The van der Waals surface area contributed by atoms with Crippen LogP contribution in [0, 0.1) is 40.4 Å². The van der Waals surface area contributed by atoms with Crippen LogP contribution < -0.4 is 0 Å². The van der Waals surface area contributed by atoms with E-state index in [0.717, 1.165) is 49.9 Å². The Hall–Kier alpha value is -0.410. The Morgan fingerprint density at radius 2 is 1.77 bits per heavy atom. The van der Waals surface area contributed by atoms with Gasteiger partial charge in [0.1, 0.15) is 5.78 Å². The molecule has 0 aliphatic heterocycles. The normalized spacial score (nSPS) is 53.7. The number of carbonyl (C=O) groups is 1. The summed E-state index contributed by atoms with van der Waals surface area (Å²) in [7, 11) is 1.72. The van der Waals surface area contributed by atoms with Crippen LogP contribution in [-0.2, 0) is 9.53 Å². The van der Waals surface area contributed by atoms with Crippen molar-refractivity contribution in [3.8, 4) is 0 Å². The Labute approximate surface area is 158 Å². The van der Waals surface area contributed by atoms with Gasteiger partial charge in [-0.05, 0) is 99.2 Å². The highest BCUT2D eigenvalue weighted by atomic mass is 16.5. The molecule has 0 radical (unpaired) electrons. The highest BCUT2D eigenvalue weighted by Crippen LogP contribution is 2.71. The fraction of sp³-hybridized carbons (Fsp3) is 0.957. The Balaban J connectivity index is 1.47. The molecule has 0 spiro atoms. The molecule has 0 saturated heterocycles. The fourth-order valence-electron chi connectivity index (χ4n) is 8.65. The Bertz CT molecular complexity index is 598. The summed E-state index contributed by atoms with van der Waals surface area (Å²) >= 11 is 0.